The van der Waals surface area contributed by atoms with Crippen LogP contribution in [0.25, 0.3) is 11.3 Å². The van der Waals surface area contributed by atoms with Gasteiger partial charge in [0.05, 0.1) is 11.3 Å². The van der Waals surface area contributed by atoms with Gasteiger partial charge in [-0.15, -0.1) is 0 Å². The molecule has 0 bridgehead atoms. The number of hydrogen-bond acceptors (Lipinski definition) is 5. The van der Waals surface area contributed by atoms with Crippen molar-refractivity contribution in [1.29, 1.82) is 0 Å². The average molecular weight is 411 g/mol. The van der Waals surface area contributed by atoms with Gasteiger partial charge in [0.1, 0.15) is 18.2 Å². The van der Waals surface area contributed by atoms with Crippen LogP contribution in [0.1, 0.15) is 16.8 Å². The first kappa shape index (κ1) is 19.5. The first-order chi connectivity index (χ1) is 14.5. The van der Waals surface area contributed by atoms with Crippen molar-refractivity contribution >= 4 is 5.82 Å². The second kappa shape index (κ2) is 8.28. The van der Waals surface area contributed by atoms with Gasteiger partial charge in [0.2, 0.25) is 5.82 Å². The quantitative estimate of drug-likeness (QED) is 0.457. The Morgan fingerprint density at radius 2 is 1.73 bits per heavy atom. The molecule has 4 rings (SSSR count). The summed E-state index contributed by atoms with van der Waals surface area (Å²) in [5.41, 5.74) is 8.91. The van der Waals surface area contributed by atoms with Gasteiger partial charge in [-0.3, -0.25) is 0 Å². The maximum Gasteiger partial charge on any atom is 0.200 e. The van der Waals surface area contributed by atoms with Crippen LogP contribution in [0.5, 0.6) is 5.75 Å². The van der Waals surface area contributed by atoms with Crippen LogP contribution in [0.2, 0.25) is 0 Å². The maximum atomic E-state index is 13.6. The minimum Gasteiger partial charge on any atom is -0.486 e. The normalized spacial score (nSPS) is 10.9. The Morgan fingerprint density at radius 3 is 2.50 bits per heavy atom. The lowest BCUT2D eigenvalue weighted by Gasteiger charge is -2.08. The van der Waals surface area contributed by atoms with Crippen molar-refractivity contribution in [3.05, 3.63) is 95.1 Å². The number of rotatable bonds is 6. The van der Waals surface area contributed by atoms with Crippen LogP contribution in [-0.2, 0) is 13.0 Å². The average Bonchev–Trinajstić information content (AvgIpc) is 3.19. The van der Waals surface area contributed by atoms with Crippen LogP contribution in [0.4, 0.5) is 19.0 Å². The highest BCUT2D eigenvalue weighted by atomic mass is 19.2. The summed E-state index contributed by atoms with van der Waals surface area (Å²) >= 11 is 0. The number of aromatic nitrogens is 2. The minimum absolute atomic E-state index is 0.0332. The maximum absolute atomic E-state index is 13.6. The SMILES string of the molecule is Nc1ncccc1-c1cc(Cc2ccc(COc3cc(F)cc(F)c3F)cc2)no1. The highest BCUT2D eigenvalue weighted by Crippen LogP contribution is 2.26. The second-order valence-corrected chi connectivity index (χ2v) is 6.60. The Morgan fingerprint density at radius 1 is 0.967 bits per heavy atom. The number of nitrogen functional groups attached to an aromatic ring is 1. The Kier molecular flexibility index (Phi) is 5.38. The van der Waals surface area contributed by atoms with E-state index >= 15 is 0 Å². The summed E-state index contributed by atoms with van der Waals surface area (Å²) in [6, 6.07) is 13.9. The zero-order chi connectivity index (χ0) is 21.1. The second-order valence-electron chi connectivity index (χ2n) is 6.60. The van der Waals surface area contributed by atoms with Gasteiger partial charge < -0.3 is 15.0 Å². The van der Waals surface area contributed by atoms with Crippen molar-refractivity contribution in [2.75, 3.05) is 5.73 Å². The molecule has 0 radical (unpaired) electrons. The van der Waals surface area contributed by atoms with Crippen LogP contribution in [0.15, 0.2) is 65.3 Å². The molecule has 0 spiro atoms. The van der Waals surface area contributed by atoms with Crippen LogP contribution < -0.4 is 10.5 Å². The first-order valence-electron chi connectivity index (χ1n) is 9.01. The summed E-state index contributed by atoms with van der Waals surface area (Å²) in [6.45, 7) is -0.0332. The van der Waals surface area contributed by atoms with E-state index in [4.69, 9.17) is 15.0 Å². The summed E-state index contributed by atoms with van der Waals surface area (Å²) in [7, 11) is 0. The Labute approximate surface area is 169 Å². The third kappa shape index (κ3) is 4.27. The third-order valence-corrected chi connectivity index (χ3v) is 4.43. The Bertz CT molecular complexity index is 1180. The molecule has 5 nitrogen and oxygen atoms in total. The molecule has 30 heavy (non-hydrogen) atoms. The van der Waals surface area contributed by atoms with E-state index in [0.717, 1.165) is 17.3 Å². The molecule has 0 unspecified atom stereocenters. The van der Waals surface area contributed by atoms with Gasteiger partial charge >= 0.3 is 0 Å². The van der Waals surface area contributed by atoms with E-state index in [1.54, 1.807) is 36.5 Å². The minimum atomic E-state index is -1.29. The molecular weight excluding hydrogens is 395 g/mol. The zero-order valence-corrected chi connectivity index (χ0v) is 15.6. The van der Waals surface area contributed by atoms with Crippen molar-refractivity contribution in [2.45, 2.75) is 13.0 Å². The van der Waals surface area contributed by atoms with E-state index in [1.165, 1.54) is 0 Å². The summed E-state index contributed by atoms with van der Waals surface area (Å²) in [5, 5.41) is 4.06. The smallest absolute Gasteiger partial charge is 0.200 e. The molecule has 0 aliphatic rings. The fourth-order valence-corrected chi connectivity index (χ4v) is 2.91. The number of pyridine rings is 1. The molecule has 8 heteroatoms. The Balaban J connectivity index is 1.41. The van der Waals surface area contributed by atoms with Crippen molar-refractivity contribution in [2.24, 2.45) is 0 Å². The Hall–Kier alpha value is -3.81. The van der Waals surface area contributed by atoms with Gasteiger partial charge in [0.25, 0.3) is 0 Å². The molecule has 152 valence electrons. The topological polar surface area (TPSA) is 74.2 Å². The predicted molar refractivity (Wildman–Crippen MR) is 104 cm³/mol. The number of nitrogens with zero attached hydrogens (tertiary/aromatic N) is 2. The van der Waals surface area contributed by atoms with Crippen LogP contribution in [-0.4, -0.2) is 10.1 Å². The van der Waals surface area contributed by atoms with E-state index in [0.29, 0.717) is 35.2 Å². The predicted octanol–water partition coefficient (Wildman–Crippen LogP) is 4.91. The molecule has 0 saturated carbocycles. The fraction of sp³-hybridized carbons (Fsp3) is 0.0909. The highest BCUT2D eigenvalue weighted by molar-refractivity contribution is 5.69. The highest BCUT2D eigenvalue weighted by Gasteiger charge is 2.13. The molecule has 2 heterocycles. The number of nitrogens with two attached hydrogens (primary N) is 1. The third-order valence-electron chi connectivity index (χ3n) is 4.43. The van der Waals surface area contributed by atoms with E-state index in [1.807, 2.05) is 12.1 Å². The number of hydrogen-bond donors (Lipinski definition) is 1. The fourth-order valence-electron chi connectivity index (χ4n) is 2.91. The monoisotopic (exact) mass is 411 g/mol. The van der Waals surface area contributed by atoms with Crippen molar-refractivity contribution < 1.29 is 22.4 Å². The number of anilines is 1. The van der Waals surface area contributed by atoms with Crippen molar-refractivity contribution in [3.8, 4) is 17.1 Å². The van der Waals surface area contributed by atoms with Crippen molar-refractivity contribution in [1.82, 2.24) is 10.1 Å². The molecule has 2 N–H and O–H groups in total. The standard InChI is InChI=1S/C22H16F3N3O2/c23-15-9-18(24)21(25)20(10-15)29-12-14-5-3-13(4-6-14)8-16-11-19(30-28-16)17-2-1-7-27-22(17)26/h1-7,9-11H,8,12H2,(H2,26,27). The van der Waals surface area contributed by atoms with Gasteiger partial charge in [0.15, 0.2) is 17.3 Å². The molecule has 0 atom stereocenters. The zero-order valence-electron chi connectivity index (χ0n) is 15.6. The van der Waals surface area contributed by atoms with Crippen LogP contribution in [0, 0.1) is 17.5 Å². The summed E-state index contributed by atoms with van der Waals surface area (Å²) < 4.78 is 50.7. The molecule has 2 aromatic heterocycles. The van der Waals surface area contributed by atoms with E-state index in [9.17, 15) is 13.2 Å². The van der Waals surface area contributed by atoms with Gasteiger partial charge in [-0.1, -0.05) is 29.4 Å². The summed E-state index contributed by atoms with van der Waals surface area (Å²) in [6.07, 6.45) is 2.12. The van der Waals surface area contributed by atoms with Gasteiger partial charge in [-0.05, 0) is 23.3 Å². The number of ether oxygens (including phenoxy) is 1. The van der Waals surface area contributed by atoms with Crippen molar-refractivity contribution in [3.63, 3.8) is 0 Å². The largest absolute Gasteiger partial charge is 0.486 e. The lowest BCUT2D eigenvalue weighted by Crippen LogP contribution is -2.00. The number of halogens is 3. The van der Waals surface area contributed by atoms with Gasteiger partial charge in [-0.2, -0.15) is 4.39 Å². The number of benzene rings is 2. The van der Waals surface area contributed by atoms with E-state index in [-0.39, 0.29) is 6.61 Å². The first-order valence-corrected chi connectivity index (χ1v) is 9.01. The van der Waals surface area contributed by atoms with E-state index in [2.05, 4.69) is 10.1 Å². The van der Waals surface area contributed by atoms with Crippen LogP contribution >= 0.6 is 0 Å². The lowest BCUT2D eigenvalue weighted by atomic mass is 10.1. The molecule has 4 aromatic rings. The van der Waals surface area contributed by atoms with Gasteiger partial charge in [-0.25, -0.2) is 13.8 Å². The van der Waals surface area contributed by atoms with Crippen LogP contribution in [0.3, 0.4) is 0 Å². The summed E-state index contributed by atoms with van der Waals surface area (Å²) in [4.78, 5) is 4.03. The molecule has 2 aromatic carbocycles. The van der Waals surface area contributed by atoms with E-state index < -0.39 is 23.2 Å². The molecule has 0 amide bonds. The molecule has 0 aliphatic heterocycles. The summed E-state index contributed by atoms with van der Waals surface area (Å²) in [5.74, 6) is -2.99. The lowest BCUT2D eigenvalue weighted by molar-refractivity contribution is 0.282. The molecule has 0 saturated heterocycles. The van der Waals surface area contributed by atoms with Gasteiger partial charge in [0, 0.05) is 30.8 Å². The molecule has 0 aliphatic carbocycles. The molecular formula is C22H16F3N3O2. The molecule has 0 fully saturated rings.